The van der Waals surface area contributed by atoms with Crippen molar-refractivity contribution in [2.75, 3.05) is 12.4 Å². The third-order valence-electron chi connectivity index (χ3n) is 3.65. The van der Waals surface area contributed by atoms with Crippen LogP contribution in [0.2, 0.25) is 0 Å². The number of amides is 1. The van der Waals surface area contributed by atoms with Gasteiger partial charge in [-0.25, -0.2) is 4.79 Å². The molecule has 1 aromatic heterocycles. The zero-order valence-corrected chi connectivity index (χ0v) is 13.8. The van der Waals surface area contributed by atoms with E-state index >= 15 is 0 Å². The average molecular weight is 334 g/mol. The summed E-state index contributed by atoms with van der Waals surface area (Å²) in [4.78, 5) is 15.7. The standard InChI is InChI=1S/C20H18N2O3/c1-24-20(23)22-19-8-3-2-6-16(19)14-25-17-11-9-15(10-12-17)18-7-4-5-13-21-18/h2-13H,14H2,1H3,(H,22,23). The lowest BCUT2D eigenvalue weighted by Gasteiger charge is -2.12. The Bertz CT molecular complexity index is 833. The molecule has 5 nitrogen and oxygen atoms in total. The maximum Gasteiger partial charge on any atom is 0.411 e. The summed E-state index contributed by atoms with van der Waals surface area (Å²) < 4.78 is 10.5. The van der Waals surface area contributed by atoms with E-state index in [0.29, 0.717) is 12.3 Å². The molecule has 0 spiro atoms. The number of ether oxygens (including phenoxy) is 2. The molecule has 25 heavy (non-hydrogen) atoms. The lowest BCUT2D eigenvalue weighted by atomic mass is 10.1. The van der Waals surface area contributed by atoms with E-state index in [1.165, 1.54) is 7.11 Å². The van der Waals surface area contributed by atoms with Crippen LogP contribution in [-0.4, -0.2) is 18.2 Å². The Hall–Kier alpha value is -3.34. The topological polar surface area (TPSA) is 60.5 Å². The number of hydrogen-bond acceptors (Lipinski definition) is 4. The number of rotatable bonds is 5. The van der Waals surface area contributed by atoms with Crippen LogP contribution >= 0.6 is 0 Å². The molecular formula is C20H18N2O3. The third kappa shape index (κ3) is 4.35. The Morgan fingerprint density at radius 3 is 2.48 bits per heavy atom. The van der Waals surface area contributed by atoms with Crippen LogP contribution in [0.1, 0.15) is 5.56 Å². The SMILES string of the molecule is COC(=O)Nc1ccccc1COc1ccc(-c2ccccn2)cc1. The number of nitrogens with one attached hydrogen (secondary N) is 1. The van der Waals surface area contributed by atoms with Crippen molar-refractivity contribution in [2.24, 2.45) is 0 Å². The third-order valence-corrected chi connectivity index (χ3v) is 3.65. The van der Waals surface area contributed by atoms with Crippen molar-refractivity contribution in [3.8, 4) is 17.0 Å². The second kappa shape index (κ2) is 7.97. The summed E-state index contributed by atoms with van der Waals surface area (Å²) in [6.45, 7) is 0.336. The smallest absolute Gasteiger partial charge is 0.411 e. The van der Waals surface area contributed by atoms with Crippen molar-refractivity contribution >= 4 is 11.8 Å². The van der Waals surface area contributed by atoms with Gasteiger partial charge in [0.15, 0.2) is 0 Å². The molecule has 3 rings (SSSR count). The first-order valence-corrected chi connectivity index (χ1v) is 7.83. The molecule has 0 saturated heterocycles. The van der Waals surface area contributed by atoms with E-state index in [0.717, 1.165) is 22.6 Å². The van der Waals surface area contributed by atoms with Gasteiger partial charge in [0.2, 0.25) is 0 Å². The molecule has 0 aliphatic rings. The molecule has 0 radical (unpaired) electrons. The lowest BCUT2D eigenvalue weighted by Crippen LogP contribution is -2.13. The van der Waals surface area contributed by atoms with Crippen molar-refractivity contribution < 1.29 is 14.3 Å². The van der Waals surface area contributed by atoms with Gasteiger partial charge in [-0.15, -0.1) is 0 Å². The maximum atomic E-state index is 11.4. The fourth-order valence-electron chi connectivity index (χ4n) is 2.35. The summed E-state index contributed by atoms with van der Waals surface area (Å²) in [6.07, 6.45) is 1.26. The first-order chi connectivity index (χ1) is 12.3. The van der Waals surface area contributed by atoms with E-state index in [4.69, 9.17) is 4.74 Å². The van der Waals surface area contributed by atoms with Crippen LogP contribution < -0.4 is 10.1 Å². The molecule has 3 aromatic rings. The van der Waals surface area contributed by atoms with Crippen LogP contribution in [0.25, 0.3) is 11.3 Å². The Morgan fingerprint density at radius 2 is 1.76 bits per heavy atom. The summed E-state index contributed by atoms with van der Waals surface area (Å²) in [5, 5.41) is 2.68. The molecule has 0 saturated carbocycles. The molecule has 0 fully saturated rings. The second-order valence-electron chi connectivity index (χ2n) is 5.30. The normalized spacial score (nSPS) is 10.1. The number of aromatic nitrogens is 1. The van der Waals surface area contributed by atoms with Gasteiger partial charge in [-0.3, -0.25) is 10.3 Å². The van der Waals surface area contributed by atoms with Gasteiger partial charge >= 0.3 is 6.09 Å². The first-order valence-electron chi connectivity index (χ1n) is 7.83. The van der Waals surface area contributed by atoms with Gasteiger partial charge in [0.25, 0.3) is 0 Å². The van der Waals surface area contributed by atoms with Gasteiger partial charge in [-0.05, 0) is 42.5 Å². The van der Waals surface area contributed by atoms with Crippen LogP contribution in [0.5, 0.6) is 5.75 Å². The van der Waals surface area contributed by atoms with Gasteiger partial charge in [-0.2, -0.15) is 0 Å². The molecule has 0 aliphatic heterocycles. The van der Waals surface area contributed by atoms with Crippen molar-refractivity contribution in [2.45, 2.75) is 6.61 Å². The average Bonchev–Trinajstić information content (AvgIpc) is 2.68. The molecule has 1 heterocycles. The molecule has 0 bridgehead atoms. The predicted octanol–water partition coefficient (Wildman–Crippen LogP) is 4.51. The Balaban J connectivity index is 1.67. The predicted molar refractivity (Wildman–Crippen MR) is 96.5 cm³/mol. The zero-order valence-electron chi connectivity index (χ0n) is 13.8. The first kappa shape index (κ1) is 16.5. The van der Waals surface area contributed by atoms with Gasteiger partial charge in [0.1, 0.15) is 12.4 Å². The number of hydrogen-bond donors (Lipinski definition) is 1. The number of carbonyl (C=O) groups is 1. The van der Waals surface area contributed by atoms with E-state index in [-0.39, 0.29) is 0 Å². The molecule has 1 N–H and O–H groups in total. The summed E-state index contributed by atoms with van der Waals surface area (Å²) in [7, 11) is 1.33. The highest BCUT2D eigenvalue weighted by Gasteiger charge is 2.07. The number of benzene rings is 2. The number of nitrogens with zero attached hydrogens (tertiary/aromatic N) is 1. The van der Waals surface area contributed by atoms with E-state index in [1.54, 1.807) is 12.3 Å². The fraction of sp³-hybridized carbons (Fsp3) is 0.100. The number of pyridine rings is 1. The summed E-state index contributed by atoms with van der Waals surface area (Å²) in [5.74, 6) is 0.743. The van der Waals surface area contributed by atoms with E-state index in [1.807, 2.05) is 60.7 Å². The van der Waals surface area contributed by atoms with Crippen LogP contribution in [0.4, 0.5) is 10.5 Å². The molecule has 1 amide bonds. The molecule has 2 aromatic carbocycles. The van der Waals surface area contributed by atoms with Gasteiger partial charge < -0.3 is 9.47 Å². The van der Waals surface area contributed by atoms with Crippen LogP contribution in [-0.2, 0) is 11.3 Å². The maximum absolute atomic E-state index is 11.4. The fourth-order valence-corrected chi connectivity index (χ4v) is 2.35. The Kier molecular flexibility index (Phi) is 5.26. The minimum absolute atomic E-state index is 0.336. The number of para-hydroxylation sites is 1. The molecule has 0 unspecified atom stereocenters. The molecule has 0 aliphatic carbocycles. The zero-order chi connectivity index (χ0) is 17.5. The second-order valence-corrected chi connectivity index (χ2v) is 5.30. The number of methoxy groups -OCH3 is 1. The highest BCUT2D eigenvalue weighted by atomic mass is 16.5. The molecule has 126 valence electrons. The van der Waals surface area contributed by atoms with Crippen LogP contribution in [0.15, 0.2) is 72.9 Å². The van der Waals surface area contributed by atoms with Crippen LogP contribution in [0, 0.1) is 0 Å². The number of anilines is 1. The summed E-state index contributed by atoms with van der Waals surface area (Å²) in [5.41, 5.74) is 3.48. The van der Waals surface area contributed by atoms with Crippen molar-refractivity contribution in [1.29, 1.82) is 0 Å². The highest BCUT2D eigenvalue weighted by Crippen LogP contribution is 2.22. The monoisotopic (exact) mass is 334 g/mol. The number of carbonyl (C=O) groups excluding carboxylic acids is 1. The van der Waals surface area contributed by atoms with Gasteiger partial charge in [-0.1, -0.05) is 24.3 Å². The van der Waals surface area contributed by atoms with Crippen LogP contribution in [0.3, 0.4) is 0 Å². The highest BCUT2D eigenvalue weighted by molar-refractivity contribution is 5.85. The molecule has 5 heteroatoms. The Morgan fingerprint density at radius 1 is 1.00 bits per heavy atom. The van der Waals surface area contributed by atoms with E-state index in [9.17, 15) is 4.79 Å². The molecular weight excluding hydrogens is 316 g/mol. The minimum Gasteiger partial charge on any atom is -0.489 e. The minimum atomic E-state index is -0.507. The van der Waals surface area contributed by atoms with E-state index in [2.05, 4.69) is 15.0 Å². The van der Waals surface area contributed by atoms with E-state index < -0.39 is 6.09 Å². The van der Waals surface area contributed by atoms with Crippen molar-refractivity contribution in [1.82, 2.24) is 4.98 Å². The van der Waals surface area contributed by atoms with Crippen molar-refractivity contribution in [3.05, 3.63) is 78.5 Å². The largest absolute Gasteiger partial charge is 0.489 e. The summed E-state index contributed by atoms with van der Waals surface area (Å²) in [6, 6.07) is 21.0. The van der Waals surface area contributed by atoms with Crippen molar-refractivity contribution in [3.63, 3.8) is 0 Å². The Labute approximate surface area is 146 Å². The quantitative estimate of drug-likeness (QED) is 0.746. The summed E-state index contributed by atoms with van der Waals surface area (Å²) >= 11 is 0. The lowest BCUT2D eigenvalue weighted by molar-refractivity contribution is 0.187. The van der Waals surface area contributed by atoms with Gasteiger partial charge in [0, 0.05) is 17.3 Å². The molecule has 0 atom stereocenters. The van der Waals surface area contributed by atoms with Gasteiger partial charge in [0.05, 0.1) is 18.5 Å².